The number of carboxylic acids is 1. The molecule has 12 heteroatoms. The lowest BCUT2D eigenvalue weighted by atomic mass is 10.0. The molecule has 2 unspecified atom stereocenters. The van der Waals surface area contributed by atoms with Crippen LogP contribution in [0.5, 0.6) is 5.75 Å². The Kier molecular flexibility index (Phi) is 5.17. The molecular formula is C19H14F2N2O7S. The highest BCUT2D eigenvalue weighted by atomic mass is 32.2. The smallest absolute Gasteiger partial charge is 0.352 e. The minimum absolute atomic E-state index is 0.0587. The normalized spacial score (nSPS) is 20.4. The van der Waals surface area contributed by atoms with Crippen molar-refractivity contribution in [1.29, 1.82) is 0 Å². The highest BCUT2D eigenvalue weighted by Crippen LogP contribution is 2.40. The topological polar surface area (TPSA) is 126 Å². The Morgan fingerprint density at radius 3 is 2.84 bits per heavy atom. The number of rotatable bonds is 6. The number of amides is 2. The molecule has 2 aliphatic rings. The van der Waals surface area contributed by atoms with Gasteiger partial charge >= 0.3 is 11.6 Å². The lowest BCUT2D eigenvalue weighted by Gasteiger charge is -2.49. The van der Waals surface area contributed by atoms with Crippen LogP contribution in [0, 0.1) is 18.6 Å². The summed E-state index contributed by atoms with van der Waals surface area (Å²) in [5.41, 5.74) is -1.22. The molecule has 1 saturated heterocycles. The van der Waals surface area contributed by atoms with E-state index in [1.165, 1.54) is 18.7 Å². The molecular weight excluding hydrogens is 438 g/mol. The zero-order valence-electron chi connectivity index (χ0n) is 15.8. The Balaban J connectivity index is 1.66. The number of fused-ring (bicyclic) bond motifs is 2. The molecule has 0 bridgehead atoms. The predicted octanol–water partition coefficient (Wildman–Crippen LogP) is 1.13. The van der Waals surface area contributed by atoms with E-state index in [4.69, 9.17) is 9.15 Å². The number of benzene rings is 1. The van der Waals surface area contributed by atoms with Crippen LogP contribution >= 0.6 is 11.8 Å². The third-order valence-electron chi connectivity index (χ3n) is 4.98. The van der Waals surface area contributed by atoms with Crippen molar-refractivity contribution in [1.82, 2.24) is 10.2 Å². The van der Waals surface area contributed by atoms with Gasteiger partial charge in [-0.1, -0.05) is 0 Å². The molecule has 2 atom stereocenters. The van der Waals surface area contributed by atoms with Crippen LogP contribution in [0.2, 0.25) is 0 Å². The van der Waals surface area contributed by atoms with E-state index in [0.29, 0.717) is 12.0 Å². The van der Waals surface area contributed by atoms with Crippen molar-refractivity contribution in [2.24, 2.45) is 0 Å². The van der Waals surface area contributed by atoms with E-state index in [1.807, 2.05) is 0 Å². The molecule has 2 N–H and O–H groups in total. The largest absolute Gasteiger partial charge is 0.483 e. The number of carbonyl (C=O) groups excluding carboxylic acids is 2. The first kappa shape index (κ1) is 20.8. The van der Waals surface area contributed by atoms with E-state index in [-0.39, 0.29) is 22.4 Å². The molecule has 2 aliphatic heterocycles. The quantitative estimate of drug-likeness (QED) is 0.380. The standard InChI is InChI=1S/C19H14F2N2O7S/c1-7-2-11(25)30-15-9(7)3-10(20)16(12(15)21)29-4-8-5-31-18-13(22-6-24)17(26)23(18)14(8)19(27)28/h2-3,6,13,18H,4-5H2,1H3,(H,22,24)(H,27,28). The Labute approximate surface area is 176 Å². The van der Waals surface area contributed by atoms with Gasteiger partial charge in [-0.05, 0) is 18.6 Å². The third kappa shape index (κ3) is 3.32. The average molecular weight is 452 g/mol. The maximum Gasteiger partial charge on any atom is 0.352 e. The van der Waals surface area contributed by atoms with Crippen LogP contribution in [0.4, 0.5) is 8.78 Å². The SMILES string of the molecule is Cc1cc(=O)oc2c(F)c(OCC3=C(C(=O)O)N4C(=O)C(NC=O)C4SC3)c(F)cc12. The van der Waals surface area contributed by atoms with E-state index >= 15 is 0 Å². The van der Waals surface area contributed by atoms with Gasteiger partial charge in [-0.15, -0.1) is 11.8 Å². The monoisotopic (exact) mass is 452 g/mol. The number of aliphatic carboxylic acids is 1. The van der Waals surface area contributed by atoms with Gasteiger partial charge in [0.05, 0.1) is 0 Å². The predicted molar refractivity (Wildman–Crippen MR) is 103 cm³/mol. The van der Waals surface area contributed by atoms with Gasteiger partial charge in [-0.3, -0.25) is 14.5 Å². The molecule has 0 radical (unpaired) electrons. The summed E-state index contributed by atoms with van der Waals surface area (Å²) in [5.74, 6) is -5.05. The highest BCUT2D eigenvalue weighted by Gasteiger charge is 2.53. The summed E-state index contributed by atoms with van der Waals surface area (Å²) in [7, 11) is 0. The molecule has 0 spiro atoms. The molecule has 3 heterocycles. The highest BCUT2D eigenvalue weighted by molar-refractivity contribution is 8.00. The maximum absolute atomic E-state index is 14.8. The van der Waals surface area contributed by atoms with Gasteiger partial charge in [-0.2, -0.15) is 4.39 Å². The van der Waals surface area contributed by atoms with Crippen molar-refractivity contribution in [2.75, 3.05) is 12.4 Å². The third-order valence-corrected chi connectivity index (χ3v) is 6.32. The molecule has 1 fully saturated rings. The average Bonchev–Trinajstić information content (AvgIpc) is 2.72. The molecule has 0 saturated carbocycles. The number of nitrogens with zero attached hydrogens (tertiary/aromatic N) is 1. The summed E-state index contributed by atoms with van der Waals surface area (Å²) < 4.78 is 39.4. The van der Waals surface area contributed by atoms with E-state index in [2.05, 4.69) is 5.32 Å². The van der Waals surface area contributed by atoms with Crippen LogP contribution < -0.4 is 15.7 Å². The van der Waals surface area contributed by atoms with E-state index in [9.17, 15) is 33.1 Å². The number of ether oxygens (including phenoxy) is 1. The zero-order chi connectivity index (χ0) is 22.4. The number of hydrogen-bond donors (Lipinski definition) is 2. The van der Waals surface area contributed by atoms with Gasteiger partial charge in [-0.25, -0.2) is 14.0 Å². The molecule has 4 rings (SSSR count). The lowest BCUT2D eigenvalue weighted by Crippen LogP contribution is -2.69. The Hall–Kier alpha value is -3.41. The van der Waals surface area contributed by atoms with Crippen LogP contribution in [-0.2, 0) is 14.4 Å². The Bertz CT molecular complexity index is 1230. The molecule has 9 nitrogen and oxygen atoms in total. The molecule has 2 amide bonds. The fourth-order valence-electron chi connectivity index (χ4n) is 3.54. The number of halogens is 2. The van der Waals surface area contributed by atoms with Gasteiger partial charge in [0.25, 0.3) is 5.91 Å². The second-order valence-corrected chi connectivity index (χ2v) is 7.95. The summed E-state index contributed by atoms with van der Waals surface area (Å²) >= 11 is 1.18. The molecule has 162 valence electrons. The molecule has 1 aromatic heterocycles. The fraction of sp³-hybridized carbons (Fsp3) is 0.263. The number of aryl methyl sites for hydroxylation is 1. The second-order valence-electron chi connectivity index (χ2n) is 6.84. The summed E-state index contributed by atoms with van der Waals surface area (Å²) in [6, 6.07) is 1.21. The van der Waals surface area contributed by atoms with Gasteiger partial charge in [0.2, 0.25) is 12.2 Å². The minimum Gasteiger partial charge on any atom is -0.483 e. The van der Waals surface area contributed by atoms with Crippen LogP contribution in [0.3, 0.4) is 0 Å². The van der Waals surface area contributed by atoms with E-state index in [0.717, 1.165) is 17.0 Å². The van der Waals surface area contributed by atoms with Gasteiger partial charge in [0, 0.05) is 22.8 Å². The summed E-state index contributed by atoms with van der Waals surface area (Å²) in [6.45, 7) is 0.974. The molecule has 1 aromatic carbocycles. The van der Waals surface area contributed by atoms with Crippen molar-refractivity contribution >= 4 is 41.0 Å². The van der Waals surface area contributed by atoms with E-state index < -0.39 is 58.5 Å². The van der Waals surface area contributed by atoms with Crippen LogP contribution in [0.15, 0.2) is 32.6 Å². The van der Waals surface area contributed by atoms with Crippen molar-refractivity contribution in [2.45, 2.75) is 18.3 Å². The molecule has 2 aromatic rings. The van der Waals surface area contributed by atoms with Crippen LogP contribution in [0.25, 0.3) is 11.0 Å². The summed E-state index contributed by atoms with van der Waals surface area (Å²) in [6.07, 6.45) is 0.356. The van der Waals surface area contributed by atoms with Gasteiger partial charge < -0.3 is 19.6 Å². The van der Waals surface area contributed by atoms with Crippen molar-refractivity contribution in [3.63, 3.8) is 0 Å². The first-order chi connectivity index (χ1) is 14.7. The Morgan fingerprint density at radius 1 is 1.42 bits per heavy atom. The number of β-lactam (4-membered cyclic amide) rings is 1. The first-order valence-electron chi connectivity index (χ1n) is 8.89. The van der Waals surface area contributed by atoms with Crippen molar-refractivity contribution in [3.8, 4) is 5.75 Å². The van der Waals surface area contributed by atoms with Crippen LogP contribution in [-0.4, -0.2) is 52.1 Å². The summed E-state index contributed by atoms with van der Waals surface area (Å²) in [5, 5.41) is 11.4. The second kappa shape index (κ2) is 7.69. The number of carboxylic acid groups (broad SMARTS) is 1. The Morgan fingerprint density at radius 2 is 2.16 bits per heavy atom. The fourth-order valence-corrected chi connectivity index (χ4v) is 4.88. The van der Waals surface area contributed by atoms with Crippen molar-refractivity contribution < 1.29 is 37.4 Å². The van der Waals surface area contributed by atoms with Gasteiger partial charge in [0.1, 0.15) is 23.7 Å². The number of thioether (sulfide) groups is 1. The number of carbonyl (C=O) groups is 3. The number of nitrogens with one attached hydrogen (secondary N) is 1. The number of hydrogen-bond acceptors (Lipinski definition) is 7. The maximum atomic E-state index is 14.8. The zero-order valence-corrected chi connectivity index (χ0v) is 16.6. The summed E-state index contributed by atoms with van der Waals surface area (Å²) in [4.78, 5) is 47.2. The molecule has 31 heavy (non-hydrogen) atoms. The molecule has 0 aliphatic carbocycles. The van der Waals surface area contributed by atoms with E-state index in [1.54, 1.807) is 0 Å². The lowest BCUT2D eigenvalue weighted by molar-refractivity contribution is -0.149. The minimum atomic E-state index is -1.41. The van der Waals surface area contributed by atoms with Gasteiger partial charge in [0.15, 0.2) is 17.1 Å². The van der Waals surface area contributed by atoms with Crippen LogP contribution in [0.1, 0.15) is 5.56 Å². The first-order valence-corrected chi connectivity index (χ1v) is 9.94. The van der Waals surface area contributed by atoms with Crippen molar-refractivity contribution in [3.05, 3.63) is 51.0 Å².